The van der Waals surface area contributed by atoms with E-state index in [1.54, 1.807) is 35.5 Å². The maximum Gasteiger partial charge on any atom is 0.217 e. The second kappa shape index (κ2) is 9.03. The summed E-state index contributed by atoms with van der Waals surface area (Å²) in [5, 5.41) is 1.41. The number of hydrogen-bond acceptors (Lipinski definition) is 5. The van der Waals surface area contributed by atoms with Crippen molar-refractivity contribution in [2.75, 3.05) is 10.6 Å². The number of furan rings is 1. The molecule has 0 radical (unpaired) electrons. The lowest BCUT2D eigenvalue weighted by molar-refractivity contribution is -0.108. The minimum absolute atomic E-state index is 0.408. The lowest BCUT2D eigenvalue weighted by Gasteiger charge is -2.26. The van der Waals surface area contributed by atoms with Gasteiger partial charge in [-0.25, -0.2) is 4.98 Å². The smallest absolute Gasteiger partial charge is 0.217 e. The van der Waals surface area contributed by atoms with Crippen LogP contribution in [0.5, 0.6) is 0 Å². The number of fused-ring (bicyclic) bond motifs is 1. The van der Waals surface area contributed by atoms with Crippen molar-refractivity contribution in [1.82, 2.24) is 14.5 Å². The van der Waals surface area contributed by atoms with Gasteiger partial charge in [0.25, 0.3) is 0 Å². The number of halogens is 1. The highest BCUT2D eigenvalue weighted by Gasteiger charge is 2.29. The van der Waals surface area contributed by atoms with Crippen LogP contribution in [-0.4, -0.2) is 20.9 Å². The second-order valence-corrected chi connectivity index (χ2v) is 8.44. The van der Waals surface area contributed by atoms with Crippen molar-refractivity contribution in [1.29, 1.82) is 0 Å². The van der Waals surface area contributed by atoms with Crippen molar-refractivity contribution >= 4 is 40.6 Å². The SMILES string of the molecule is Cn1c(-c2ccc(N)cc2)cnc1[C@H](Cc1ccccn1)N(C=O)c1cc2cc(Cl)ccc2o1. The van der Waals surface area contributed by atoms with Crippen LogP contribution in [0.25, 0.3) is 22.2 Å². The number of nitrogens with zero attached hydrogens (tertiary/aromatic N) is 4. The van der Waals surface area contributed by atoms with E-state index in [4.69, 9.17) is 26.7 Å². The molecule has 0 spiro atoms. The van der Waals surface area contributed by atoms with E-state index in [0.29, 0.717) is 34.4 Å². The Morgan fingerprint density at radius 1 is 1.12 bits per heavy atom. The number of nitrogens with two attached hydrogens (primary N) is 1. The van der Waals surface area contributed by atoms with Gasteiger partial charge in [0.2, 0.25) is 12.3 Å². The van der Waals surface area contributed by atoms with E-state index in [9.17, 15) is 4.79 Å². The lowest BCUT2D eigenvalue weighted by atomic mass is 10.1. The van der Waals surface area contributed by atoms with Crippen LogP contribution in [0, 0.1) is 0 Å². The summed E-state index contributed by atoms with van der Waals surface area (Å²) >= 11 is 6.14. The van der Waals surface area contributed by atoms with Crippen molar-refractivity contribution in [3.8, 4) is 11.3 Å². The third-order valence-corrected chi connectivity index (χ3v) is 6.06. The molecule has 0 aliphatic carbocycles. The number of amides is 1. The molecule has 1 atom stereocenters. The zero-order valence-electron chi connectivity index (χ0n) is 18.4. The van der Waals surface area contributed by atoms with Crippen LogP contribution >= 0.6 is 11.6 Å². The van der Waals surface area contributed by atoms with Crippen molar-refractivity contribution in [3.05, 3.63) is 95.7 Å². The van der Waals surface area contributed by atoms with Gasteiger partial charge in [0.1, 0.15) is 17.4 Å². The largest absolute Gasteiger partial charge is 0.440 e. The van der Waals surface area contributed by atoms with E-state index in [-0.39, 0.29) is 0 Å². The Morgan fingerprint density at radius 3 is 2.68 bits per heavy atom. The third-order valence-electron chi connectivity index (χ3n) is 5.83. The van der Waals surface area contributed by atoms with Crippen LogP contribution in [0.4, 0.5) is 11.6 Å². The standard InChI is InChI=1S/C26H22ClN5O2/c1-31-23(17-5-8-20(28)9-6-17)15-30-26(31)22(14-21-4-2-3-11-29-21)32(16-33)25-13-18-12-19(27)7-10-24(18)34-25/h2-13,15-16,22H,14,28H2,1H3/t22-/m0/s1. The molecule has 5 rings (SSSR count). The molecule has 0 aliphatic heterocycles. The van der Waals surface area contributed by atoms with E-state index in [2.05, 4.69) is 4.98 Å². The summed E-state index contributed by atoms with van der Waals surface area (Å²) in [6.07, 6.45) is 4.75. The van der Waals surface area contributed by atoms with Gasteiger partial charge in [-0.1, -0.05) is 29.8 Å². The van der Waals surface area contributed by atoms with Crippen molar-refractivity contribution < 1.29 is 9.21 Å². The first-order valence-corrected chi connectivity index (χ1v) is 11.1. The van der Waals surface area contributed by atoms with Gasteiger partial charge in [0, 0.05) is 47.5 Å². The van der Waals surface area contributed by atoms with Crippen LogP contribution in [0.2, 0.25) is 5.02 Å². The molecule has 7 nitrogen and oxygen atoms in total. The van der Waals surface area contributed by atoms with Gasteiger partial charge in [0.15, 0.2) is 0 Å². The molecule has 3 aromatic heterocycles. The number of anilines is 2. The van der Waals surface area contributed by atoms with Gasteiger partial charge in [-0.2, -0.15) is 0 Å². The quantitative estimate of drug-likeness (QED) is 0.253. The molecule has 0 aliphatic rings. The van der Waals surface area contributed by atoms with E-state index < -0.39 is 6.04 Å². The maximum atomic E-state index is 12.4. The van der Waals surface area contributed by atoms with Crippen LogP contribution in [0.1, 0.15) is 17.6 Å². The summed E-state index contributed by atoms with van der Waals surface area (Å²) in [5.74, 6) is 1.10. The Hall–Kier alpha value is -4.10. The minimum atomic E-state index is -0.462. The van der Waals surface area contributed by atoms with Crippen LogP contribution in [0.15, 0.2) is 83.5 Å². The number of aromatic nitrogens is 3. The molecule has 5 aromatic rings. The fourth-order valence-electron chi connectivity index (χ4n) is 4.09. The van der Waals surface area contributed by atoms with Crippen molar-refractivity contribution in [3.63, 3.8) is 0 Å². The summed E-state index contributed by atoms with van der Waals surface area (Å²) in [6, 6.07) is 20.0. The van der Waals surface area contributed by atoms with Gasteiger partial charge in [-0.3, -0.25) is 14.7 Å². The highest BCUT2D eigenvalue weighted by Crippen LogP contribution is 2.34. The number of hydrogen-bond donors (Lipinski definition) is 1. The van der Waals surface area contributed by atoms with E-state index in [1.165, 1.54) is 0 Å². The summed E-state index contributed by atoms with van der Waals surface area (Å²) in [6.45, 7) is 0. The first-order chi connectivity index (χ1) is 16.5. The number of nitrogen functional groups attached to an aromatic ring is 1. The fourth-order valence-corrected chi connectivity index (χ4v) is 4.27. The molecule has 0 fully saturated rings. The molecular formula is C26H22ClN5O2. The number of pyridine rings is 1. The molecule has 3 heterocycles. The molecule has 2 aromatic carbocycles. The summed E-state index contributed by atoms with van der Waals surface area (Å²) in [4.78, 5) is 23.2. The normalized spacial score (nSPS) is 12.1. The Bertz CT molecular complexity index is 1440. The van der Waals surface area contributed by atoms with Gasteiger partial charge in [-0.05, 0) is 48.0 Å². The summed E-state index contributed by atoms with van der Waals surface area (Å²) in [7, 11) is 1.93. The van der Waals surface area contributed by atoms with Gasteiger partial charge in [-0.15, -0.1) is 0 Å². The Labute approximate surface area is 201 Å². The number of benzene rings is 2. The topological polar surface area (TPSA) is 90.2 Å². The molecular weight excluding hydrogens is 450 g/mol. The van der Waals surface area contributed by atoms with E-state index in [0.717, 1.165) is 28.7 Å². The predicted molar refractivity (Wildman–Crippen MR) is 134 cm³/mol. The monoisotopic (exact) mass is 471 g/mol. The van der Waals surface area contributed by atoms with Gasteiger partial charge >= 0.3 is 0 Å². The number of rotatable bonds is 7. The average Bonchev–Trinajstić information content (AvgIpc) is 3.43. The Balaban J connectivity index is 1.60. The molecule has 170 valence electrons. The molecule has 0 saturated carbocycles. The Kier molecular flexibility index (Phi) is 5.77. The van der Waals surface area contributed by atoms with Crippen molar-refractivity contribution in [2.45, 2.75) is 12.5 Å². The summed E-state index contributed by atoms with van der Waals surface area (Å²) < 4.78 is 8.01. The molecule has 34 heavy (non-hydrogen) atoms. The zero-order chi connectivity index (χ0) is 23.7. The fraction of sp³-hybridized carbons (Fsp3) is 0.115. The molecule has 8 heteroatoms. The van der Waals surface area contributed by atoms with Crippen LogP contribution < -0.4 is 10.6 Å². The van der Waals surface area contributed by atoms with Gasteiger partial charge in [0.05, 0.1) is 11.9 Å². The number of carbonyl (C=O) groups excluding carboxylic acids is 1. The van der Waals surface area contributed by atoms with E-state index >= 15 is 0 Å². The van der Waals surface area contributed by atoms with Gasteiger partial charge < -0.3 is 14.7 Å². The van der Waals surface area contributed by atoms with Crippen molar-refractivity contribution in [2.24, 2.45) is 7.05 Å². The molecule has 1 amide bonds. The lowest BCUT2D eigenvalue weighted by Crippen LogP contribution is -2.31. The highest BCUT2D eigenvalue weighted by atomic mass is 35.5. The second-order valence-electron chi connectivity index (χ2n) is 8.00. The first kappa shape index (κ1) is 21.7. The van der Waals surface area contributed by atoms with Crippen LogP contribution in [0.3, 0.4) is 0 Å². The summed E-state index contributed by atoms with van der Waals surface area (Å²) in [5.41, 5.74) is 9.90. The highest BCUT2D eigenvalue weighted by molar-refractivity contribution is 6.31. The Morgan fingerprint density at radius 2 is 1.94 bits per heavy atom. The maximum absolute atomic E-state index is 12.4. The number of imidazole rings is 1. The predicted octanol–water partition coefficient (Wildman–Crippen LogP) is 5.41. The first-order valence-electron chi connectivity index (χ1n) is 10.7. The minimum Gasteiger partial charge on any atom is -0.440 e. The van der Waals surface area contributed by atoms with E-state index in [1.807, 2.05) is 60.1 Å². The molecule has 0 saturated heterocycles. The molecule has 0 unspecified atom stereocenters. The average molecular weight is 472 g/mol. The zero-order valence-corrected chi connectivity index (χ0v) is 19.2. The molecule has 2 N–H and O–H groups in total. The van der Waals surface area contributed by atoms with Crippen LogP contribution in [-0.2, 0) is 18.3 Å². The third kappa shape index (κ3) is 4.13. The number of carbonyl (C=O) groups is 1. The molecule has 0 bridgehead atoms.